The summed E-state index contributed by atoms with van der Waals surface area (Å²) in [5.74, 6) is 2.96. The van der Waals surface area contributed by atoms with E-state index in [9.17, 15) is 21.6 Å². The smallest absolute Gasteiger partial charge is 0.178 e. The summed E-state index contributed by atoms with van der Waals surface area (Å²) in [5.41, 5.74) is 2.54. The fourth-order valence-electron chi connectivity index (χ4n) is 4.86. The van der Waals surface area contributed by atoms with Crippen LogP contribution in [0.5, 0.6) is 0 Å². The van der Waals surface area contributed by atoms with Crippen molar-refractivity contribution in [1.29, 1.82) is 0 Å². The van der Waals surface area contributed by atoms with Crippen molar-refractivity contribution in [2.24, 2.45) is 23.7 Å². The zero-order valence-electron chi connectivity index (χ0n) is 24.9. The van der Waals surface area contributed by atoms with Crippen molar-refractivity contribution in [2.75, 3.05) is 5.75 Å². The van der Waals surface area contributed by atoms with Gasteiger partial charge in [0.05, 0.1) is 10.6 Å². The number of hydrogen-bond donors (Lipinski definition) is 0. The summed E-state index contributed by atoms with van der Waals surface area (Å²) in [6.45, 7) is 14.8. The molecule has 1 aliphatic rings. The molecule has 220 valence electrons. The van der Waals surface area contributed by atoms with Crippen LogP contribution in [0.1, 0.15) is 84.3 Å². The van der Waals surface area contributed by atoms with Gasteiger partial charge in [-0.3, -0.25) is 0 Å². The molecule has 0 radical (unpaired) electrons. The predicted octanol–water partition coefficient (Wildman–Crippen LogP) is 9.82. The first-order chi connectivity index (χ1) is 18.7. The molecular weight excluding hydrogens is 529 g/mol. The van der Waals surface area contributed by atoms with E-state index in [2.05, 4.69) is 34.6 Å². The summed E-state index contributed by atoms with van der Waals surface area (Å²) in [6.07, 6.45) is 2.44. The Morgan fingerprint density at radius 1 is 0.675 bits per heavy atom. The second-order valence-electron chi connectivity index (χ2n) is 12.0. The minimum Gasteiger partial charge on any atom is -0.224 e. The maximum atomic E-state index is 12.6. The van der Waals surface area contributed by atoms with Gasteiger partial charge in [-0.05, 0) is 108 Å². The molecule has 0 aromatic heterocycles. The molecule has 2 nitrogen and oxygen atoms in total. The Balaban J connectivity index is 0.000000210. The van der Waals surface area contributed by atoms with Crippen molar-refractivity contribution in [3.8, 4) is 0 Å². The van der Waals surface area contributed by atoms with Crippen molar-refractivity contribution < 1.29 is 21.6 Å². The van der Waals surface area contributed by atoms with E-state index >= 15 is 0 Å². The average molecular weight is 575 g/mol. The Bertz CT molecular complexity index is 1210. The second-order valence-corrected chi connectivity index (χ2v) is 14.0. The van der Waals surface area contributed by atoms with E-state index in [4.69, 9.17) is 0 Å². The number of rotatable bonds is 8. The molecule has 0 spiro atoms. The monoisotopic (exact) mass is 574 g/mol. The first kappa shape index (κ1) is 33.6. The van der Waals surface area contributed by atoms with Crippen LogP contribution in [0.25, 0.3) is 0 Å². The third kappa shape index (κ3) is 11.5. The Kier molecular flexibility index (Phi) is 12.9. The lowest BCUT2D eigenvalue weighted by atomic mass is 9.92. The molecule has 3 aromatic carbocycles. The molecule has 6 heteroatoms. The first-order valence-electron chi connectivity index (χ1n) is 14.2. The highest BCUT2D eigenvalue weighted by atomic mass is 32.2. The van der Waals surface area contributed by atoms with Gasteiger partial charge in [-0.2, -0.15) is 0 Å². The van der Waals surface area contributed by atoms with E-state index in [1.165, 1.54) is 41.8 Å². The summed E-state index contributed by atoms with van der Waals surface area (Å²) >= 11 is 0. The molecule has 1 fully saturated rings. The predicted molar refractivity (Wildman–Crippen MR) is 160 cm³/mol. The number of hydrogen-bond acceptors (Lipinski definition) is 2. The number of halogens is 3. The van der Waals surface area contributed by atoms with Crippen LogP contribution in [-0.4, -0.2) is 14.2 Å². The Morgan fingerprint density at radius 3 is 1.52 bits per heavy atom. The van der Waals surface area contributed by atoms with Gasteiger partial charge in [-0.15, -0.1) is 0 Å². The van der Waals surface area contributed by atoms with Crippen molar-refractivity contribution in [1.82, 2.24) is 0 Å². The third-order valence-corrected chi connectivity index (χ3v) is 9.08. The van der Waals surface area contributed by atoms with Crippen molar-refractivity contribution in [3.63, 3.8) is 0 Å². The van der Waals surface area contributed by atoms with Crippen molar-refractivity contribution in [2.45, 2.75) is 78.0 Å². The molecule has 3 atom stereocenters. The second kappa shape index (κ2) is 15.4. The third-order valence-electron chi connectivity index (χ3n) is 6.98. The zero-order valence-corrected chi connectivity index (χ0v) is 25.7. The van der Waals surface area contributed by atoms with Gasteiger partial charge in [0, 0.05) is 0 Å². The summed E-state index contributed by atoms with van der Waals surface area (Å²) in [4.78, 5) is 0.188. The van der Waals surface area contributed by atoms with E-state index in [-0.39, 0.29) is 28.2 Å². The summed E-state index contributed by atoms with van der Waals surface area (Å²) in [6, 6.07) is 18.7. The quantitative estimate of drug-likeness (QED) is 0.251. The molecule has 0 N–H and O–H groups in total. The van der Waals surface area contributed by atoms with Gasteiger partial charge < -0.3 is 0 Å². The van der Waals surface area contributed by atoms with Crippen LogP contribution >= 0.6 is 0 Å². The lowest BCUT2D eigenvalue weighted by molar-refractivity contribution is 0.523. The van der Waals surface area contributed by atoms with Crippen LogP contribution in [0.4, 0.5) is 13.2 Å². The zero-order chi connectivity index (χ0) is 30.0. The molecule has 40 heavy (non-hydrogen) atoms. The summed E-state index contributed by atoms with van der Waals surface area (Å²) in [7, 11) is -3.24. The van der Waals surface area contributed by atoms with E-state index in [1.807, 2.05) is 38.1 Å². The van der Waals surface area contributed by atoms with Gasteiger partial charge in [-0.1, -0.05) is 72.7 Å². The molecule has 4 rings (SSSR count). The Hall–Kier alpha value is -2.60. The highest BCUT2D eigenvalue weighted by Gasteiger charge is 2.39. The van der Waals surface area contributed by atoms with E-state index in [0.29, 0.717) is 17.8 Å². The van der Waals surface area contributed by atoms with Gasteiger partial charge in [0.2, 0.25) is 0 Å². The van der Waals surface area contributed by atoms with Crippen molar-refractivity contribution in [3.05, 3.63) is 101 Å². The molecule has 1 unspecified atom stereocenters. The lowest BCUT2D eigenvalue weighted by Crippen LogP contribution is -2.11. The van der Waals surface area contributed by atoms with Gasteiger partial charge in [0.25, 0.3) is 0 Å². The molecular formula is C34H45F3O2S. The summed E-state index contributed by atoms with van der Waals surface area (Å²) in [5, 5.41) is 0. The molecule has 3 aromatic rings. The van der Waals surface area contributed by atoms with E-state index in [1.54, 1.807) is 12.1 Å². The Labute approximate surface area is 240 Å². The van der Waals surface area contributed by atoms with Crippen LogP contribution in [0.3, 0.4) is 0 Å². The maximum absolute atomic E-state index is 12.6. The van der Waals surface area contributed by atoms with Gasteiger partial charge in [0.1, 0.15) is 17.5 Å². The molecule has 0 amide bonds. The largest absolute Gasteiger partial charge is 0.224 e. The number of sulfone groups is 1. The lowest BCUT2D eigenvalue weighted by Gasteiger charge is -2.13. The van der Waals surface area contributed by atoms with Gasteiger partial charge >= 0.3 is 0 Å². The highest BCUT2D eigenvalue weighted by Crippen LogP contribution is 2.51. The fourth-order valence-corrected chi connectivity index (χ4v) is 6.48. The van der Waals surface area contributed by atoms with Crippen LogP contribution in [0.2, 0.25) is 0 Å². The Morgan fingerprint density at radius 2 is 1.12 bits per heavy atom. The van der Waals surface area contributed by atoms with Crippen LogP contribution in [-0.2, 0) is 9.84 Å². The van der Waals surface area contributed by atoms with Gasteiger partial charge in [0.15, 0.2) is 9.84 Å². The van der Waals surface area contributed by atoms with Crippen molar-refractivity contribution >= 4 is 9.84 Å². The minimum atomic E-state index is -3.24. The molecule has 0 aliphatic heterocycles. The van der Waals surface area contributed by atoms with Crippen LogP contribution < -0.4 is 0 Å². The molecule has 0 heterocycles. The molecule has 1 saturated carbocycles. The maximum Gasteiger partial charge on any atom is 0.178 e. The topological polar surface area (TPSA) is 34.1 Å². The first-order valence-corrected chi connectivity index (χ1v) is 15.8. The molecule has 0 saturated heterocycles. The highest BCUT2D eigenvalue weighted by molar-refractivity contribution is 7.91. The standard InChI is InChI=1S/C12H15F.C12H17F.C10H13FO2S/c1-8(2)11-7-12(11)9-3-5-10(13)6-4-9;1-9(2)8-10(3)11-4-6-12(13)7-5-11;1-8(2)7-14(12,13)10-5-3-9(11)4-6-10/h3-6,8,11-12H,7H2,1-2H3;4-7,9-10H,8H2,1-3H3;3-6,8H,7H2,1-2H3/t11-,12?;10-;/m01./s1. The average Bonchev–Trinajstić information content (AvgIpc) is 3.66. The van der Waals surface area contributed by atoms with E-state index in [0.717, 1.165) is 30.4 Å². The van der Waals surface area contributed by atoms with Crippen LogP contribution in [0, 0.1) is 41.1 Å². The molecule has 1 aliphatic carbocycles. The SMILES string of the molecule is CC(C)CS(=O)(=O)c1ccc(F)cc1.CC(C)C[C@@H](C)c1ccc(F)cc1.CC(C)[C@@H]1CC1c1ccc(F)cc1. The summed E-state index contributed by atoms with van der Waals surface area (Å²) < 4.78 is 61.0. The van der Waals surface area contributed by atoms with E-state index < -0.39 is 15.7 Å². The fraction of sp³-hybridized carbons (Fsp3) is 0.471. The van der Waals surface area contributed by atoms with Crippen LogP contribution in [0.15, 0.2) is 77.7 Å². The minimum absolute atomic E-state index is 0.0741. The number of benzene rings is 3. The van der Waals surface area contributed by atoms with Gasteiger partial charge in [-0.25, -0.2) is 21.6 Å². The normalized spacial score (nSPS) is 17.1. The molecule has 0 bridgehead atoms.